The highest BCUT2D eigenvalue weighted by molar-refractivity contribution is 5.96. The zero-order valence-electron chi connectivity index (χ0n) is 14.5. The second-order valence-electron chi connectivity index (χ2n) is 5.56. The Kier molecular flexibility index (Phi) is 5.43. The molecule has 0 fully saturated rings. The molecule has 1 amide bonds. The highest BCUT2D eigenvalue weighted by atomic mass is 16.5. The molecule has 0 radical (unpaired) electrons. The van der Waals surface area contributed by atoms with E-state index < -0.39 is 5.92 Å². The van der Waals surface area contributed by atoms with E-state index in [-0.39, 0.29) is 5.91 Å². The first-order valence-corrected chi connectivity index (χ1v) is 8.01. The number of para-hydroxylation sites is 2. The minimum Gasteiger partial charge on any atom is -0.497 e. The highest BCUT2D eigenvalue weighted by Gasteiger charge is 2.26. The first-order valence-electron chi connectivity index (χ1n) is 8.01. The van der Waals surface area contributed by atoms with Crippen LogP contribution in [-0.4, -0.2) is 40.8 Å². The number of anilines is 1. The molecule has 0 unspecified atom stereocenters. The Bertz CT molecular complexity index is 850. The van der Waals surface area contributed by atoms with E-state index in [1.165, 1.54) is 0 Å². The van der Waals surface area contributed by atoms with Gasteiger partial charge in [0.15, 0.2) is 5.82 Å². The minimum absolute atomic E-state index is 0.244. The Balaban J connectivity index is 1.82. The zero-order chi connectivity index (χ0) is 18.4. The molecule has 8 nitrogen and oxygen atoms in total. The molecule has 0 saturated carbocycles. The molecule has 134 valence electrons. The molecule has 1 atom stereocenters. The number of ether oxygens (including phenoxy) is 2. The van der Waals surface area contributed by atoms with Crippen LogP contribution in [0.1, 0.15) is 17.3 Å². The Hall–Kier alpha value is -3.42. The number of amides is 1. The smallest absolute Gasteiger partial charge is 0.235 e. The van der Waals surface area contributed by atoms with E-state index >= 15 is 0 Å². The molecule has 0 aliphatic heterocycles. The molecule has 3 rings (SSSR count). The third kappa shape index (κ3) is 3.97. The number of tetrazole rings is 1. The lowest BCUT2D eigenvalue weighted by Gasteiger charge is -2.15. The summed E-state index contributed by atoms with van der Waals surface area (Å²) in [5.74, 6) is 0.812. The number of aromatic amines is 1. The van der Waals surface area contributed by atoms with Crippen LogP contribution in [0, 0.1) is 0 Å². The third-order valence-electron chi connectivity index (χ3n) is 3.95. The Morgan fingerprint density at radius 3 is 2.54 bits per heavy atom. The van der Waals surface area contributed by atoms with Crippen molar-refractivity contribution in [2.45, 2.75) is 12.3 Å². The molecule has 0 saturated heterocycles. The summed E-state index contributed by atoms with van der Waals surface area (Å²) in [5.41, 5.74) is 1.54. The number of nitrogens with zero attached hydrogens (tertiary/aromatic N) is 3. The van der Waals surface area contributed by atoms with Crippen molar-refractivity contribution < 1.29 is 14.3 Å². The van der Waals surface area contributed by atoms with Gasteiger partial charge in [0.25, 0.3) is 0 Å². The number of H-pyrrole nitrogens is 1. The van der Waals surface area contributed by atoms with E-state index in [4.69, 9.17) is 9.47 Å². The number of rotatable bonds is 7. The molecule has 2 N–H and O–H groups in total. The molecular formula is C18H19N5O3. The summed E-state index contributed by atoms with van der Waals surface area (Å²) < 4.78 is 10.4. The number of hydrogen-bond donors (Lipinski definition) is 2. The number of carbonyl (C=O) groups is 1. The minimum atomic E-state index is -0.605. The van der Waals surface area contributed by atoms with Gasteiger partial charge in [0, 0.05) is 0 Å². The van der Waals surface area contributed by atoms with Gasteiger partial charge in [-0.25, -0.2) is 0 Å². The lowest BCUT2D eigenvalue weighted by Crippen LogP contribution is -2.24. The van der Waals surface area contributed by atoms with Crippen molar-refractivity contribution in [3.63, 3.8) is 0 Å². The lowest BCUT2D eigenvalue weighted by atomic mass is 9.97. The van der Waals surface area contributed by atoms with Gasteiger partial charge in [-0.2, -0.15) is 5.21 Å². The third-order valence-corrected chi connectivity index (χ3v) is 3.95. The summed E-state index contributed by atoms with van der Waals surface area (Å²) >= 11 is 0. The van der Waals surface area contributed by atoms with Crippen LogP contribution in [-0.2, 0) is 11.2 Å². The molecule has 8 heteroatoms. The van der Waals surface area contributed by atoms with Crippen LogP contribution >= 0.6 is 0 Å². The maximum Gasteiger partial charge on any atom is 0.235 e. The highest BCUT2D eigenvalue weighted by Crippen LogP contribution is 2.26. The van der Waals surface area contributed by atoms with Crippen molar-refractivity contribution in [1.29, 1.82) is 0 Å². The topological polar surface area (TPSA) is 102 Å². The fraction of sp³-hybridized carbons (Fsp3) is 0.222. The second-order valence-corrected chi connectivity index (χ2v) is 5.56. The van der Waals surface area contributed by atoms with Crippen LogP contribution in [0.25, 0.3) is 0 Å². The molecule has 1 heterocycles. The van der Waals surface area contributed by atoms with Crippen LogP contribution in [0.3, 0.4) is 0 Å². The molecule has 3 aromatic rings. The van der Waals surface area contributed by atoms with Crippen molar-refractivity contribution in [2.24, 2.45) is 0 Å². The number of aromatic nitrogens is 4. The van der Waals surface area contributed by atoms with E-state index in [2.05, 4.69) is 25.9 Å². The summed E-state index contributed by atoms with van der Waals surface area (Å²) in [4.78, 5) is 12.9. The van der Waals surface area contributed by atoms with Gasteiger partial charge in [0.2, 0.25) is 5.91 Å². The molecular weight excluding hydrogens is 334 g/mol. The van der Waals surface area contributed by atoms with Crippen molar-refractivity contribution in [3.8, 4) is 11.5 Å². The van der Waals surface area contributed by atoms with Crippen LogP contribution in [0.15, 0.2) is 48.5 Å². The standard InChI is InChI=1S/C18H19N5O3/c1-25-13-9-7-12(8-10-13)11-14(17-20-22-23-21-17)18(24)19-15-5-3-4-6-16(15)26-2/h3-10,14H,11H2,1-2H3,(H,19,24)(H,20,21,22,23)/t14-/m1/s1. The maximum atomic E-state index is 12.9. The van der Waals surface area contributed by atoms with E-state index in [1.54, 1.807) is 26.4 Å². The summed E-state index contributed by atoms with van der Waals surface area (Å²) in [5, 5.41) is 16.8. The van der Waals surface area contributed by atoms with Gasteiger partial charge in [-0.05, 0) is 36.2 Å². The van der Waals surface area contributed by atoms with Gasteiger partial charge in [-0.3, -0.25) is 4.79 Å². The van der Waals surface area contributed by atoms with Gasteiger partial charge >= 0.3 is 0 Å². The molecule has 1 aromatic heterocycles. The van der Waals surface area contributed by atoms with Crippen molar-refractivity contribution in [2.75, 3.05) is 19.5 Å². The number of carbonyl (C=O) groups excluding carboxylic acids is 1. The average molecular weight is 353 g/mol. The number of methoxy groups -OCH3 is 2. The maximum absolute atomic E-state index is 12.9. The molecule has 0 aliphatic rings. The SMILES string of the molecule is COc1ccc(C[C@@H](C(=O)Nc2ccccc2OC)c2nn[nH]n2)cc1. The quantitative estimate of drug-likeness (QED) is 0.675. The first-order chi connectivity index (χ1) is 12.7. The van der Waals surface area contributed by atoms with Crippen molar-refractivity contribution in [1.82, 2.24) is 20.6 Å². The van der Waals surface area contributed by atoms with Gasteiger partial charge in [0.1, 0.15) is 17.4 Å². The fourth-order valence-corrected chi connectivity index (χ4v) is 2.58. The number of nitrogens with one attached hydrogen (secondary N) is 2. The molecule has 2 aromatic carbocycles. The Labute approximate surface area is 150 Å². The lowest BCUT2D eigenvalue weighted by molar-refractivity contribution is -0.117. The van der Waals surface area contributed by atoms with Crippen molar-refractivity contribution in [3.05, 3.63) is 59.9 Å². The predicted molar refractivity (Wildman–Crippen MR) is 95.2 cm³/mol. The van der Waals surface area contributed by atoms with Gasteiger partial charge < -0.3 is 14.8 Å². The number of benzene rings is 2. The average Bonchev–Trinajstić information content (AvgIpc) is 3.21. The van der Waals surface area contributed by atoms with Gasteiger partial charge in [0.05, 0.1) is 19.9 Å². The summed E-state index contributed by atoms with van der Waals surface area (Å²) in [6, 6.07) is 14.7. The van der Waals surface area contributed by atoms with Crippen LogP contribution in [0.5, 0.6) is 11.5 Å². The summed E-state index contributed by atoms with van der Waals surface area (Å²) in [6.07, 6.45) is 0.421. The fourth-order valence-electron chi connectivity index (χ4n) is 2.58. The first kappa shape index (κ1) is 17.4. The van der Waals surface area contributed by atoms with E-state index in [0.717, 1.165) is 11.3 Å². The largest absolute Gasteiger partial charge is 0.497 e. The van der Waals surface area contributed by atoms with Gasteiger partial charge in [-0.15, -0.1) is 10.2 Å². The zero-order valence-corrected chi connectivity index (χ0v) is 14.5. The molecule has 26 heavy (non-hydrogen) atoms. The molecule has 0 spiro atoms. The van der Waals surface area contributed by atoms with Crippen LogP contribution in [0.4, 0.5) is 5.69 Å². The van der Waals surface area contributed by atoms with Crippen molar-refractivity contribution >= 4 is 11.6 Å². The van der Waals surface area contributed by atoms with E-state index in [1.807, 2.05) is 36.4 Å². The summed E-state index contributed by atoms with van der Waals surface area (Å²) in [6.45, 7) is 0. The van der Waals surface area contributed by atoms with E-state index in [9.17, 15) is 4.79 Å². The number of hydrogen-bond acceptors (Lipinski definition) is 6. The Morgan fingerprint density at radius 1 is 1.12 bits per heavy atom. The normalized spacial score (nSPS) is 11.6. The van der Waals surface area contributed by atoms with Gasteiger partial charge in [-0.1, -0.05) is 29.5 Å². The van der Waals surface area contributed by atoms with E-state index in [0.29, 0.717) is 23.7 Å². The monoisotopic (exact) mass is 353 g/mol. The predicted octanol–water partition coefficient (Wildman–Crippen LogP) is 2.18. The van der Waals surface area contributed by atoms with Crippen LogP contribution < -0.4 is 14.8 Å². The molecule has 0 aliphatic carbocycles. The van der Waals surface area contributed by atoms with Crippen LogP contribution in [0.2, 0.25) is 0 Å². The second kappa shape index (κ2) is 8.11. The molecule has 0 bridgehead atoms. The Morgan fingerprint density at radius 2 is 1.88 bits per heavy atom. The summed E-state index contributed by atoms with van der Waals surface area (Å²) in [7, 11) is 3.16.